The van der Waals surface area contributed by atoms with Crippen molar-refractivity contribution in [3.05, 3.63) is 29.8 Å². The van der Waals surface area contributed by atoms with Crippen molar-refractivity contribution in [1.29, 1.82) is 0 Å². The van der Waals surface area contributed by atoms with Gasteiger partial charge < -0.3 is 4.74 Å². The number of hydrogen-bond acceptors (Lipinski definition) is 2. The first-order valence-corrected chi connectivity index (χ1v) is 9.66. The summed E-state index contributed by atoms with van der Waals surface area (Å²) in [5.74, 6) is 6.51. The lowest BCUT2D eigenvalue weighted by atomic mass is 9.81. The van der Waals surface area contributed by atoms with Gasteiger partial charge in [0.2, 0.25) is 0 Å². The van der Waals surface area contributed by atoms with E-state index in [0.29, 0.717) is 12.8 Å². The summed E-state index contributed by atoms with van der Waals surface area (Å²) in [5, 5.41) is 0. The van der Waals surface area contributed by atoms with Gasteiger partial charge in [-0.2, -0.15) is 0 Å². The molecule has 0 atom stereocenters. The molecule has 1 rings (SSSR count). The van der Waals surface area contributed by atoms with E-state index in [1.807, 2.05) is 26.0 Å². The van der Waals surface area contributed by atoms with E-state index < -0.39 is 5.60 Å². The molecule has 0 unspecified atom stereocenters. The highest BCUT2D eigenvalue weighted by Crippen LogP contribution is 2.31. The summed E-state index contributed by atoms with van der Waals surface area (Å²) in [6, 6.07) is 8.20. The van der Waals surface area contributed by atoms with E-state index in [1.165, 1.54) is 5.46 Å². The maximum absolute atomic E-state index is 12.3. The average Bonchev–Trinajstić information content (AvgIpc) is 2.50. The highest BCUT2D eigenvalue weighted by molar-refractivity contribution is 6.32. The van der Waals surface area contributed by atoms with Crippen molar-refractivity contribution in [2.75, 3.05) is 0 Å². The molecular weight excluding hydrogens is 319 g/mol. The minimum absolute atomic E-state index is 0.112. The van der Waals surface area contributed by atoms with E-state index in [4.69, 9.17) is 4.74 Å². The van der Waals surface area contributed by atoms with Gasteiger partial charge in [-0.25, -0.2) is 0 Å². The van der Waals surface area contributed by atoms with Crippen LogP contribution in [0, 0.1) is 22.7 Å². The third-order valence-corrected chi connectivity index (χ3v) is 4.78. The molecule has 0 bridgehead atoms. The van der Waals surface area contributed by atoms with Crippen LogP contribution in [0.2, 0.25) is 0 Å². The zero-order valence-electron chi connectivity index (χ0n) is 18.0. The number of rotatable bonds is 7. The quantitative estimate of drug-likeness (QED) is 0.416. The second-order valence-corrected chi connectivity index (χ2v) is 9.43. The Bertz CT molecular complexity index is 675. The zero-order valence-corrected chi connectivity index (χ0v) is 18.0. The maximum Gasteiger partial charge on any atom is 0.306 e. The predicted octanol–water partition coefficient (Wildman–Crippen LogP) is 4.25. The number of esters is 1. The highest BCUT2D eigenvalue weighted by Gasteiger charge is 2.31. The molecule has 0 heterocycles. The fourth-order valence-corrected chi connectivity index (χ4v) is 3.09. The Labute approximate surface area is 161 Å². The summed E-state index contributed by atoms with van der Waals surface area (Å²) >= 11 is 0. The van der Waals surface area contributed by atoms with Crippen LogP contribution in [-0.4, -0.2) is 19.4 Å². The van der Waals surface area contributed by atoms with Gasteiger partial charge in [-0.3, -0.25) is 4.79 Å². The third-order valence-electron chi connectivity index (χ3n) is 4.78. The standard InChI is InChI=1S/C23H35BO2/c1-8-21(2,3)15-13-20(25)26-23(6,7)17-22(4,5)14-12-18-10-9-11-19(24)16-18/h9-11,16H,8,13,15,17,24H2,1-7H3. The normalized spacial score (nSPS) is 12.3. The lowest BCUT2D eigenvalue weighted by Gasteiger charge is -2.32. The molecule has 0 amide bonds. The van der Waals surface area contributed by atoms with E-state index in [0.717, 1.165) is 18.4 Å². The Hall–Kier alpha value is -1.69. The Kier molecular flexibility index (Phi) is 7.57. The van der Waals surface area contributed by atoms with Crippen molar-refractivity contribution in [2.45, 2.75) is 79.8 Å². The maximum atomic E-state index is 12.3. The van der Waals surface area contributed by atoms with Crippen LogP contribution < -0.4 is 5.46 Å². The molecule has 142 valence electrons. The molecule has 0 radical (unpaired) electrons. The first-order chi connectivity index (χ1) is 11.8. The van der Waals surface area contributed by atoms with E-state index >= 15 is 0 Å². The van der Waals surface area contributed by atoms with E-state index in [2.05, 4.69) is 66.4 Å². The van der Waals surface area contributed by atoms with E-state index in [-0.39, 0.29) is 16.8 Å². The monoisotopic (exact) mass is 354 g/mol. The van der Waals surface area contributed by atoms with Gasteiger partial charge in [-0.15, -0.1) is 0 Å². The smallest absolute Gasteiger partial charge is 0.306 e. The molecule has 1 aromatic carbocycles. The van der Waals surface area contributed by atoms with Crippen LogP contribution in [-0.2, 0) is 9.53 Å². The number of carbonyl (C=O) groups excluding carboxylic acids is 1. The molecule has 0 spiro atoms. The molecule has 2 nitrogen and oxygen atoms in total. The molecule has 0 fully saturated rings. The van der Waals surface area contributed by atoms with E-state index in [1.54, 1.807) is 0 Å². The summed E-state index contributed by atoms with van der Waals surface area (Å²) in [6.07, 6.45) is 3.08. The van der Waals surface area contributed by atoms with Crippen molar-refractivity contribution in [3.63, 3.8) is 0 Å². The highest BCUT2D eigenvalue weighted by atomic mass is 16.6. The Morgan fingerprint density at radius 3 is 2.38 bits per heavy atom. The molecule has 0 aromatic heterocycles. The fourth-order valence-electron chi connectivity index (χ4n) is 3.09. The molecule has 0 saturated heterocycles. The minimum atomic E-state index is -0.530. The molecule has 1 aromatic rings. The molecule has 0 N–H and O–H groups in total. The van der Waals surface area contributed by atoms with Gasteiger partial charge in [0.15, 0.2) is 0 Å². The molecule has 0 aliphatic heterocycles. The van der Waals surface area contributed by atoms with Crippen LogP contribution in [0.25, 0.3) is 0 Å². The van der Waals surface area contributed by atoms with Crippen molar-refractivity contribution in [2.24, 2.45) is 10.8 Å². The summed E-state index contributed by atoms with van der Waals surface area (Å²) in [7, 11) is 2.07. The summed E-state index contributed by atoms with van der Waals surface area (Å²) in [5.41, 5.74) is 1.64. The van der Waals surface area contributed by atoms with Gasteiger partial charge in [0.1, 0.15) is 13.4 Å². The number of ether oxygens (including phenoxy) is 1. The van der Waals surface area contributed by atoms with Gasteiger partial charge in [-0.05, 0) is 45.6 Å². The SMILES string of the molecule is Bc1cccc(C#CC(C)(C)CC(C)(C)OC(=O)CCC(C)(C)CC)c1. The Morgan fingerprint density at radius 2 is 1.81 bits per heavy atom. The fraction of sp³-hybridized carbons (Fsp3) is 0.609. The molecule has 26 heavy (non-hydrogen) atoms. The van der Waals surface area contributed by atoms with Gasteiger partial charge in [0, 0.05) is 23.8 Å². The van der Waals surface area contributed by atoms with Gasteiger partial charge in [0.05, 0.1) is 0 Å². The van der Waals surface area contributed by atoms with Crippen LogP contribution >= 0.6 is 0 Å². The van der Waals surface area contributed by atoms with Gasteiger partial charge in [0.25, 0.3) is 0 Å². The topological polar surface area (TPSA) is 26.3 Å². The zero-order chi connectivity index (χ0) is 20.0. The largest absolute Gasteiger partial charge is 0.460 e. The lowest BCUT2D eigenvalue weighted by Crippen LogP contribution is -2.33. The van der Waals surface area contributed by atoms with Crippen molar-refractivity contribution < 1.29 is 9.53 Å². The first-order valence-electron chi connectivity index (χ1n) is 9.66. The molecule has 0 aliphatic rings. The van der Waals surface area contributed by atoms with Crippen LogP contribution in [0.5, 0.6) is 0 Å². The summed E-state index contributed by atoms with van der Waals surface area (Å²) in [6.45, 7) is 14.7. The second kappa shape index (κ2) is 8.80. The van der Waals surface area contributed by atoms with Gasteiger partial charge >= 0.3 is 5.97 Å². The van der Waals surface area contributed by atoms with E-state index in [9.17, 15) is 4.79 Å². The number of benzene rings is 1. The Balaban J connectivity index is 2.68. The van der Waals surface area contributed by atoms with Crippen LogP contribution in [0.3, 0.4) is 0 Å². The van der Waals surface area contributed by atoms with Crippen molar-refractivity contribution in [3.8, 4) is 11.8 Å². The van der Waals surface area contributed by atoms with Crippen LogP contribution in [0.15, 0.2) is 24.3 Å². The molecular formula is C23H35BO2. The van der Waals surface area contributed by atoms with Crippen molar-refractivity contribution >= 4 is 19.3 Å². The second-order valence-electron chi connectivity index (χ2n) is 9.43. The third kappa shape index (κ3) is 8.61. The van der Waals surface area contributed by atoms with Crippen LogP contribution in [0.1, 0.15) is 79.7 Å². The first kappa shape index (κ1) is 22.4. The number of carbonyl (C=O) groups is 1. The lowest BCUT2D eigenvalue weighted by molar-refractivity contribution is -0.159. The molecule has 3 heteroatoms. The van der Waals surface area contributed by atoms with Gasteiger partial charge in [-0.1, -0.05) is 62.7 Å². The Morgan fingerprint density at radius 1 is 1.15 bits per heavy atom. The van der Waals surface area contributed by atoms with Crippen LogP contribution in [0.4, 0.5) is 0 Å². The summed E-state index contributed by atoms with van der Waals surface area (Å²) < 4.78 is 5.78. The molecule has 0 saturated carbocycles. The minimum Gasteiger partial charge on any atom is -0.460 e. The average molecular weight is 354 g/mol. The van der Waals surface area contributed by atoms with Crippen molar-refractivity contribution in [1.82, 2.24) is 0 Å². The molecule has 0 aliphatic carbocycles. The number of hydrogen-bond donors (Lipinski definition) is 0. The predicted molar refractivity (Wildman–Crippen MR) is 113 cm³/mol. The summed E-state index contributed by atoms with van der Waals surface area (Å²) in [4.78, 5) is 12.3.